The third-order valence-corrected chi connectivity index (χ3v) is 8.79. The predicted molar refractivity (Wildman–Crippen MR) is 190 cm³/mol. The van der Waals surface area contributed by atoms with Crippen molar-refractivity contribution in [1.82, 2.24) is 20.2 Å². The van der Waals surface area contributed by atoms with Gasteiger partial charge in [0.05, 0.1) is 11.7 Å². The van der Waals surface area contributed by atoms with Crippen LogP contribution >= 0.6 is 11.6 Å². The molecule has 0 fully saturated rings. The van der Waals surface area contributed by atoms with E-state index in [4.69, 9.17) is 28.8 Å². The number of benzene rings is 2. The quantitative estimate of drug-likeness (QED) is 0.0979. The second kappa shape index (κ2) is 17.2. The van der Waals surface area contributed by atoms with E-state index in [2.05, 4.69) is 68.9 Å². The normalized spacial score (nSPS) is 13.7. The molecule has 1 aliphatic rings. The van der Waals surface area contributed by atoms with Crippen molar-refractivity contribution in [2.45, 2.75) is 77.2 Å². The number of carbonyl (C=O) groups excluding carboxylic acids is 2. The summed E-state index contributed by atoms with van der Waals surface area (Å²) in [7, 11) is 4.16. The average Bonchev–Trinajstić information content (AvgIpc) is 3.04. The van der Waals surface area contributed by atoms with Crippen molar-refractivity contribution in [2.75, 3.05) is 38.2 Å². The zero-order valence-corrected chi connectivity index (χ0v) is 28.5. The number of nitrogens with two attached hydrogens (primary N) is 3. The van der Waals surface area contributed by atoms with E-state index in [9.17, 15) is 9.59 Å². The highest BCUT2D eigenvalue weighted by Gasteiger charge is 2.21. The van der Waals surface area contributed by atoms with Crippen LogP contribution in [0.3, 0.4) is 0 Å². The minimum atomic E-state index is -0.637. The lowest BCUT2D eigenvalue weighted by molar-refractivity contribution is -0.117. The number of hydrogen-bond acceptors (Lipinski definition) is 8. The first-order chi connectivity index (χ1) is 22.5. The number of halogens is 1. The van der Waals surface area contributed by atoms with E-state index in [1.54, 1.807) is 6.92 Å². The van der Waals surface area contributed by atoms with Gasteiger partial charge in [-0.25, -0.2) is 9.97 Å². The molecule has 0 bridgehead atoms. The molecule has 4 rings (SSSR count). The molecule has 0 aliphatic heterocycles. The van der Waals surface area contributed by atoms with Crippen LogP contribution in [0, 0.1) is 6.92 Å². The van der Waals surface area contributed by atoms with E-state index in [0.29, 0.717) is 18.7 Å². The van der Waals surface area contributed by atoms with Gasteiger partial charge >= 0.3 is 0 Å². The highest BCUT2D eigenvalue weighted by molar-refractivity contribution is 6.30. The lowest BCUT2D eigenvalue weighted by Crippen LogP contribution is -2.38. The van der Waals surface area contributed by atoms with E-state index < -0.39 is 11.9 Å². The molecule has 3 aromatic rings. The average molecular weight is 662 g/mol. The van der Waals surface area contributed by atoms with Crippen molar-refractivity contribution in [3.05, 3.63) is 80.8 Å². The zero-order chi connectivity index (χ0) is 33.9. The Morgan fingerprint density at radius 2 is 1.66 bits per heavy atom. The van der Waals surface area contributed by atoms with Gasteiger partial charge in [-0.05, 0) is 132 Å². The third-order valence-electron chi connectivity index (χ3n) is 8.43. The molecule has 8 N–H and O–H groups in total. The molecule has 1 aliphatic carbocycles. The van der Waals surface area contributed by atoms with Crippen molar-refractivity contribution in [2.24, 2.45) is 16.5 Å². The number of hydrogen-bond donors (Lipinski definition) is 5. The molecule has 11 nitrogen and oxygen atoms in total. The molecule has 0 radical (unpaired) electrons. The van der Waals surface area contributed by atoms with E-state index in [-0.39, 0.29) is 28.5 Å². The summed E-state index contributed by atoms with van der Waals surface area (Å²) in [4.78, 5) is 40.0. The number of aryl methyl sites for hydroxylation is 3. The molecule has 1 heterocycles. The smallest absolute Gasteiger partial charge is 0.280 e. The summed E-state index contributed by atoms with van der Waals surface area (Å²) in [5.41, 5.74) is 25.8. The van der Waals surface area contributed by atoms with Crippen LogP contribution in [0.5, 0.6) is 0 Å². The van der Waals surface area contributed by atoms with Crippen LogP contribution in [0.2, 0.25) is 5.15 Å². The SMILES string of the molecule is Cc1nc(N)c(C(=O)NC(N)=NCCCCc2ccc(C[C@H](N)C(=O)Nc3ccc(CCCN(C)C)cc3)c3c2CCCC3)nc1Cl. The number of fused-ring (bicyclic) bond motifs is 1. The van der Waals surface area contributed by atoms with Crippen molar-refractivity contribution < 1.29 is 9.59 Å². The molecule has 12 heteroatoms. The van der Waals surface area contributed by atoms with Gasteiger partial charge < -0.3 is 27.4 Å². The maximum absolute atomic E-state index is 13.0. The van der Waals surface area contributed by atoms with Crippen molar-refractivity contribution >= 4 is 40.9 Å². The molecule has 2 amide bonds. The topological polar surface area (TPSA) is 178 Å². The van der Waals surface area contributed by atoms with E-state index in [0.717, 1.165) is 75.6 Å². The standard InChI is InChI=1S/C35H48ClN9O2/c1-22-31(36)43-30(32(38)41-22)34(47)44-35(39)40-19-7-6-10-24-15-16-25(28-12-5-4-11-27(24)28)21-29(37)33(46)42-26-17-13-23(14-18-26)9-8-20-45(2)3/h13-18,29H,4-12,19-21,37H2,1-3H3,(H2,38,41)(H,42,46)(H3,39,40,44,47)/t29-/m0/s1. The number of carbonyl (C=O) groups is 2. The molecule has 252 valence electrons. The van der Waals surface area contributed by atoms with Gasteiger partial charge in [-0.2, -0.15) is 0 Å². The van der Waals surface area contributed by atoms with Gasteiger partial charge in [0.25, 0.3) is 5.91 Å². The summed E-state index contributed by atoms with van der Waals surface area (Å²) in [5, 5.41) is 5.60. The molecule has 0 saturated heterocycles. The van der Waals surface area contributed by atoms with Crippen molar-refractivity contribution in [3.8, 4) is 0 Å². The maximum atomic E-state index is 13.0. The number of nitrogens with one attached hydrogen (secondary N) is 2. The third kappa shape index (κ3) is 10.5. The number of nitrogen functional groups attached to an aromatic ring is 1. The van der Waals surface area contributed by atoms with E-state index in [1.807, 2.05) is 12.1 Å². The maximum Gasteiger partial charge on any atom is 0.280 e. The second-order valence-corrected chi connectivity index (χ2v) is 12.8. The summed E-state index contributed by atoms with van der Waals surface area (Å²) < 4.78 is 0. The van der Waals surface area contributed by atoms with Gasteiger partial charge in [0.2, 0.25) is 5.91 Å². The Hall–Kier alpha value is -4.06. The number of rotatable bonds is 14. The Balaban J connectivity index is 1.27. The summed E-state index contributed by atoms with van der Waals surface area (Å²) in [6.45, 7) is 3.16. The second-order valence-electron chi connectivity index (χ2n) is 12.5. The minimum absolute atomic E-state index is 0.0115. The first-order valence-corrected chi connectivity index (χ1v) is 16.7. The van der Waals surface area contributed by atoms with Crippen LogP contribution in [-0.4, -0.2) is 65.9 Å². The van der Waals surface area contributed by atoms with E-state index >= 15 is 0 Å². The van der Waals surface area contributed by atoms with Gasteiger partial charge in [-0.3, -0.25) is 19.9 Å². The zero-order valence-electron chi connectivity index (χ0n) is 27.7. The number of guanidine groups is 1. The van der Waals surface area contributed by atoms with Crippen LogP contribution in [0.1, 0.15) is 76.1 Å². The molecule has 0 spiro atoms. The molecule has 1 atom stereocenters. The van der Waals surface area contributed by atoms with E-state index in [1.165, 1.54) is 22.3 Å². The molecule has 1 aromatic heterocycles. The molecule has 2 aromatic carbocycles. The fourth-order valence-corrected chi connectivity index (χ4v) is 6.01. The molecular weight excluding hydrogens is 614 g/mol. The Kier molecular flexibility index (Phi) is 13.1. The lowest BCUT2D eigenvalue weighted by Gasteiger charge is -2.24. The van der Waals surface area contributed by atoms with Crippen molar-refractivity contribution in [1.29, 1.82) is 0 Å². The van der Waals surface area contributed by atoms with Crippen LogP contribution < -0.4 is 27.8 Å². The number of nitrogens with zero attached hydrogens (tertiary/aromatic N) is 4. The van der Waals surface area contributed by atoms with Gasteiger partial charge in [-0.15, -0.1) is 0 Å². The summed E-state index contributed by atoms with van der Waals surface area (Å²) in [5.74, 6) is -0.816. The largest absolute Gasteiger partial charge is 0.382 e. The lowest BCUT2D eigenvalue weighted by atomic mass is 9.82. The summed E-state index contributed by atoms with van der Waals surface area (Å²) >= 11 is 5.98. The van der Waals surface area contributed by atoms with Crippen LogP contribution in [0.4, 0.5) is 11.5 Å². The molecule has 47 heavy (non-hydrogen) atoms. The molecular formula is C35H48ClN9O2. The van der Waals surface area contributed by atoms with Crippen LogP contribution in [0.25, 0.3) is 0 Å². The predicted octanol–water partition coefficient (Wildman–Crippen LogP) is 3.97. The number of aromatic nitrogens is 2. The highest BCUT2D eigenvalue weighted by Crippen LogP contribution is 2.29. The van der Waals surface area contributed by atoms with Crippen molar-refractivity contribution in [3.63, 3.8) is 0 Å². The summed E-state index contributed by atoms with van der Waals surface area (Å²) in [6, 6.07) is 11.7. The molecule has 0 unspecified atom stereocenters. The monoisotopic (exact) mass is 661 g/mol. The Morgan fingerprint density at radius 3 is 2.36 bits per heavy atom. The summed E-state index contributed by atoms with van der Waals surface area (Å²) in [6.07, 6.45) is 9.56. The first kappa shape index (κ1) is 35.8. The number of aliphatic imine (C=N–C) groups is 1. The minimum Gasteiger partial charge on any atom is -0.382 e. The molecule has 0 saturated carbocycles. The fourth-order valence-electron chi connectivity index (χ4n) is 5.89. The number of amides is 2. The van der Waals surface area contributed by atoms with Gasteiger partial charge in [-0.1, -0.05) is 35.9 Å². The Labute approximate surface area is 282 Å². The first-order valence-electron chi connectivity index (χ1n) is 16.3. The number of anilines is 2. The van der Waals surface area contributed by atoms with Crippen LogP contribution in [-0.2, 0) is 36.9 Å². The number of unbranched alkanes of at least 4 members (excludes halogenated alkanes) is 1. The van der Waals surface area contributed by atoms with Gasteiger partial charge in [0.1, 0.15) is 0 Å². The fraction of sp³-hybridized carbons (Fsp3) is 0.457. The Morgan fingerprint density at radius 1 is 0.979 bits per heavy atom. The van der Waals surface area contributed by atoms with Gasteiger partial charge in [0.15, 0.2) is 22.6 Å². The Bertz CT molecular complexity index is 1570. The van der Waals surface area contributed by atoms with Gasteiger partial charge in [0, 0.05) is 12.2 Å². The highest BCUT2D eigenvalue weighted by atomic mass is 35.5. The van der Waals surface area contributed by atoms with Crippen LogP contribution in [0.15, 0.2) is 41.4 Å².